The van der Waals surface area contributed by atoms with Gasteiger partial charge in [-0.2, -0.15) is 0 Å². The fourth-order valence-corrected chi connectivity index (χ4v) is 4.75. The van der Waals surface area contributed by atoms with Crippen molar-refractivity contribution in [2.45, 2.75) is 65.0 Å². The summed E-state index contributed by atoms with van der Waals surface area (Å²) in [5, 5.41) is 0. The number of carbonyl (C=O) groups excluding carboxylic acids is 1. The third-order valence-corrected chi connectivity index (χ3v) is 6.66. The Bertz CT molecular complexity index is 1300. The first-order valence-corrected chi connectivity index (χ1v) is 13.6. The minimum Gasteiger partial charge on any atom is -0.489 e. The first kappa shape index (κ1) is 28.1. The summed E-state index contributed by atoms with van der Waals surface area (Å²) in [6, 6.07) is 38.9. The fraction of sp³-hybridized carbons (Fsp3) is 0.286. The third-order valence-electron chi connectivity index (χ3n) is 6.66. The van der Waals surface area contributed by atoms with Crippen molar-refractivity contribution >= 4 is 5.97 Å². The summed E-state index contributed by atoms with van der Waals surface area (Å²) in [4.78, 5) is 15.7. The molecule has 0 aliphatic heterocycles. The van der Waals surface area contributed by atoms with Crippen molar-refractivity contribution in [2.75, 3.05) is 0 Å². The molecule has 0 heterocycles. The van der Waals surface area contributed by atoms with Crippen molar-refractivity contribution in [3.63, 3.8) is 0 Å². The summed E-state index contributed by atoms with van der Waals surface area (Å²) in [6.45, 7) is 9.09. The molecule has 0 aliphatic carbocycles. The van der Waals surface area contributed by atoms with E-state index in [9.17, 15) is 4.79 Å². The summed E-state index contributed by atoms with van der Waals surface area (Å²) in [5.74, 6) is 0.555. The second kappa shape index (κ2) is 13.3. The van der Waals surface area contributed by atoms with Crippen LogP contribution in [0.25, 0.3) is 0 Å². The highest BCUT2D eigenvalue weighted by Crippen LogP contribution is 2.36. The van der Waals surface area contributed by atoms with Gasteiger partial charge >= 0.3 is 5.97 Å². The average molecular weight is 522 g/mol. The van der Waals surface area contributed by atoms with E-state index in [2.05, 4.69) is 84.6 Å². The quantitative estimate of drug-likeness (QED) is 0.186. The zero-order valence-electron chi connectivity index (χ0n) is 23.4. The molecule has 4 nitrogen and oxygen atoms in total. The standard InChI is InChI=1S/C35H39NO3/c1-27(30-19-12-7-13-20-30)36(25-28-15-8-5-9-16-28)33(24-34(37)39-35(2,3)4)31-21-14-22-32(23-31)38-26-29-17-10-6-11-18-29/h5-23,27,33H,24-26H2,1-4H3/t27-,33?/m1/s1. The highest BCUT2D eigenvalue weighted by molar-refractivity contribution is 5.71. The molecule has 0 radical (unpaired) electrons. The topological polar surface area (TPSA) is 38.8 Å². The van der Waals surface area contributed by atoms with E-state index in [0.29, 0.717) is 13.2 Å². The van der Waals surface area contributed by atoms with E-state index in [4.69, 9.17) is 9.47 Å². The highest BCUT2D eigenvalue weighted by Gasteiger charge is 2.30. The summed E-state index contributed by atoms with van der Waals surface area (Å²) in [5.41, 5.74) is 3.95. The molecule has 0 saturated heterocycles. The maximum absolute atomic E-state index is 13.3. The summed E-state index contributed by atoms with van der Waals surface area (Å²) < 4.78 is 12.0. The van der Waals surface area contributed by atoms with Gasteiger partial charge in [0.15, 0.2) is 0 Å². The van der Waals surface area contributed by atoms with E-state index in [0.717, 1.165) is 16.9 Å². The monoisotopic (exact) mass is 521 g/mol. The first-order valence-electron chi connectivity index (χ1n) is 13.6. The van der Waals surface area contributed by atoms with Gasteiger partial charge in [-0.3, -0.25) is 9.69 Å². The molecule has 0 bridgehead atoms. The van der Waals surface area contributed by atoms with Crippen LogP contribution in [0, 0.1) is 0 Å². The van der Waals surface area contributed by atoms with E-state index >= 15 is 0 Å². The fourth-order valence-electron chi connectivity index (χ4n) is 4.75. The first-order chi connectivity index (χ1) is 18.8. The van der Waals surface area contributed by atoms with E-state index in [1.54, 1.807) is 0 Å². The van der Waals surface area contributed by atoms with Crippen LogP contribution >= 0.6 is 0 Å². The Labute approximate surface area is 233 Å². The molecule has 0 amide bonds. The minimum absolute atomic E-state index is 0.0488. The Balaban J connectivity index is 1.70. The van der Waals surface area contributed by atoms with Crippen LogP contribution in [0.4, 0.5) is 0 Å². The van der Waals surface area contributed by atoms with Gasteiger partial charge in [0.05, 0.1) is 6.42 Å². The van der Waals surface area contributed by atoms with Gasteiger partial charge in [0.25, 0.3) is 0 Å². The normalized spacial score (nSPS) is 13.1. The molecule has 0 fully saturated rings. The van der Waals surface area contributed by atoms with Crippen LogP contribution in [-0.2, 0) is 22.7 Å². The number of hydrogen-bond donors (Lipinski definition) is 0. The van der Waals surface area contributed by atoms with Gasteiger partial charge < -0.3 is 9.47 Å². The van der Waals surface area contributed by atoms with Crippen LogP contribution in [0.3, 0.4) is 0 Å². The molecular weight excluding hydrogens is 482 g/mol. The molecule has 39 heavy (non-hydrogen) atoms. The van der Waals surface area contributed by atoms with Gasteiger partial charge in [0, 0.05) is 18.6 Å². The van der Waals surface area contributed by atoms with Crippen LogP contribution in [0.15, 0.2) is 115 Å². The number of hydrogen-bond acceptors (Lipinski definition) is 4. The molecule has 0 spiro atoms. The second-order valence-electron chi connectivity index (χ2n) is 10.9. The molecule has 2 atom stereocenters. The highest BCUT2D eigenvalue weighted by atomic mass is 16.6. The number of carbonyl (C=O) groups is 1. The molecule has 0 aromatic heterocycles. The largest absolute Gasteiger partial charge is 0.489 e. The maximum Gasteiger partial charge on any atom is 0.308 e. The van der Waals surface area contributed by atoms with Crippen LogP contribution in [0.5, 0.6) is 5.75 Å². The summed E-state index contributed by atoms with van der Waals surface area (Å²) >= 11 is 0. The van der Waals surface area contributed by atoms with Crippen LogP contribution < -0.4 is 4.74 Å². The molecule has 4 aromatic carbocycles. The van der Waals surface area contributed by atoms with E-state index in [1.807, 2.05) is 63.2 Å². The van der Waals surface area contributed by atoms with E-state index in [-0.39, 0.29) is 24.5 Å². The van der Waals surface area contributed by atoms with Gasteiger partial charge in [-0.1, -0.05) is 103 Å². The van der Waals surface area contributed by atoms with Crippen molar-refractivity contribution in [1.82, 2.24) is 4.90 Å². The molecule has 1 unspecified atom stereocenters. The van der Waals surface area contributed by atoms with Crippen molar-refractivity contribution in [3.05, 3.63) is 138 Å². The Hall–Kier alpha value is -3.89. The van der Waals surface area contributed by atoms with Crippen LogP contribution in [0.2, 0.25) is 0 Å². The van der Waals surface area contributed by atoms with Crippen LogP contribution in [-0.4, -0.2) is 16.5 Å². The molecular formula is C35H39NO3. The number of rotatable bonds is 11. The summed E-state index contributed by atoms with van der Waals surface area (Å²) in [7, 11) is 0. The Morgan fingerprint density at radius 2 is 1.31 bits per heavy atom. The van der Waals surface area contributed by atoms with Gasteiger partial charge in [0.1, 0.15) is 18.0 Å². The predicted octanol–water partition coefficient (Wildman–Crippen LogP) is 8.30. The molecule has 4 rings (SSSR count). The molecule has 0 saturated carbocycles. The molecule has 4 aromatic rings. The molecule has 202 valence electrons. The lowest BCUT2D eigenvalue weighted by atomic mass is 9.96. The number of ether oxygens (including phenoxy) is 2. The SMILES string of the molecule is C[C@H](c1ccccc1)N(Cc1ccccc1)C(CC(=O)OC(C)(C)C)c1cccc(OCc2ccccc2)c1. The molecule has 4 heteroatoms. The Kier molecular flexibility index (Phi) is 9.56. The smallest absolute Gasteiger partial charge is 0.308 e. The van der Waals surface area contributed by atoms with Gasteiger partial charge in [-0.15, -0.1) is 0 Å². The third kappa shape index (κ3) is 8.56. The van der Waals surface area contributed by atoms with Gasteiger partial charge in [-0.05, 0) is 62.1 Å². The van der Waals surface area contributed by atoms with Crippen molar-refractivity contribution in [3.8, 4) is 5.75 Å². The Morgan fingerprint density at radius 1 is 0.744 bits per heavy atom. The lowest BCUT2D eigenvalue weighted by Gasteiger charge is -2.37. The number of nitrogens with zero attached hydrogens (tertiary/aromatic N) is 1. The lowest BCUT2D eigenvalue weighted by molar-refractivity contribution is -0.156. The van der Waals surface area contributed by atoms with E-state index in [1.165, 1.54) is 11.1 Å². The molecule has 0 N–H and O–H groups in total. The number of benzene rings is 4. The van der Waals surface area contributed by atoms with Crippen molar-refractivity contribution < 1.29 is 14.3 Å². The Morgan fingerprint density at radius 3 is 1.92 bits per heavy atom. The minimum atomic E-state index is -0.558. The van der Waals surface area contributed by atoms with E-state index < -0.39 is 5.60 Å². The molecule has 0 aliphatic rings. The summed E-state index contributed by atoms with van der Waals surface area (Å²) in [6.07, 6.45) is 0.226. The van der Waals surface area contributed by atoms with Gasteiger partial charge in [0.2, 0.25) is 0 Å². The number of esters is 1. The maximum atomic E-state index is 13.3. The predicted molar refractivity (Wildman–Crippen MR) is 157 cm³/mol. The van der Waals surface area contributed by atoms with Crippen molar-refractivity contribution in [1.29, 1.82) is 0 Å². The second-order valence-corrected chi connectivity index (χ2v) is 10.9. The zero-order chi connectivity index (χ0) is 27.7. The van der Waals surface area contributed by atoms with Crippen LogP contribution in [0.1, 0.15) is 68.5 Å². The lowest BCUT2D eigenvalue weighted by Crippen LogP contribution is -2.34. The zero-order valence-corrected chi connectivity index (χ0v) is 23.4. The average Bonchev–Trinajstić information content (AvgIpc) is 2.94. The van der Waals surface area contributed by atoms with Crippen molar-refractivity contribution in [2.24, 2.45) is 0 Å². The van der Waals surface area contributed by atoms with Gasteiger partial charge in [-0.25, -0.2) is 0 Å².